The molecule has 104 valence electrons. The van der Waals surface area contributed by atoms with Crippen molar-refractivity contribution in [2.24, 2.45) is 11.7 Å². The molecule has 5 nitrogen and oxygen atoms in total. The number of benzene rings is 1. The van der Waals surface area contributed by atoms with E-state index in [2.05, 4.69) is 16.8 Å². The smallest absolute Gasteiger partial charge is 0.250 e. The molecule has 1 fully saturated rings. The summed E-state index contributed by atoms with van der Waals surface area (Å²) in [6.07, 6.45) is 1.19. The predicted octanol–water partition coefficient (Wildman–Crippen LogP) is 0.756. The molecule has 5 heteroatoms. The number of nitrogens with zero attached hydrogens (tertiary/aromatic N) is 2. The van der Waals surface area contributed by atoms with Crippen LogP contribution in [-0.2, 0) is 0 Å². The molecule has 1 saturated heterocycles. The number of likely N-dealkylation sites (tertiary alicyclic amines) is 1. The third kappa shape index (κ3) is 3.17. The average Bonchev–Trinajstić information content (AvgIpc) is 2.74. The molecule has 1 unspecified atom stereocenters. The molecule has 1 aliphatic rings. The van der Waals surface area contributed by atoms with Gasteiger partial charge in [0.05, 0.1) is 11.3 Å². The van der Waals surface area contributed by atoms with Gasteiger partial charge in [-0.1, -0.05) is 0 Å². The number of carbonyl (C=O) groups is 1. The van der Waals surface area contributed by atoms with Crippen LogP contribution in [0, 0.1) is 5.92 Å². The van der Waals surface area contributed by atoms with E-state index in [1.54, 1.807) is 12.1 Å². The Balaban J connectivity index is 2.15. The first-order valence-electron chi connectivity index (χ1n) is 6.56. The minimum atomic E-state index is -0.412. The molecule has 19 heavy (non-hydrogen) atoms. The van der Waals surface area contributed by atoms with Crippen molar-refractivity contribution in [3.05, 3.63) is 23.8 Å². The van der Waals surface area contributed by atoms with E-state index in [1.165, 1.54) is 6.42 Å². The van der Waals surface area contributed by atoms with E-state index in [4.69, 9.17) is 11.5 Å². The van der Waals surface area contributed by atoms with Gasteiger partial charge < -0.3 is 21.3 Å². The summed E-state index contributed by atoms with van der Waals surface area (Å²) in [5.74, 6) is 0.211. The molecule has 1 aliphatic heterocycles. The summed E-state index contributed by atoms with van der Waals surface area (Å²) in [5, 5.41) is 0. The maximum absolute atomic E-state index is 11.5. The molecule has 1 aromatic carbocycles. The van der Waals surface area contributed by atoms with Crippen molar-refractivity contribution in [2.75, 3.05) is 44.4 Å². The molecule has 1 amide bonds. The van der Waals surface area contributed by atoms with Crippen molar-refractivity contribution in [2.45, 2.75) is 6.42 Å². The summed E-state index contributed by atoms with van der Waals surface area (Å²) < 4.78 is 0. The van der Waals surface area contributed by atoms with Crippen LogP contribution in [0.2, 0.25) is 0 Å². The third-order valence-electron chi connectivity index (χ3n) is 3.72. The second-order valence-electron chi connectivity index (χ2n) is 5.44. The van der Waals surface area contributed by atoms with Gasteiger partial charge in [0.2, 0.25) is 0 Å². The molecular formula is C14H22N4O. The summed E-state index contributed by atoms with van der Waals surface area (Å²) >= 11 is 0. The van der Waals surface area contributed by atoms with Crippen molar-refractivity contribution >= 4 is 17.3 Å². The number of hydrogen-bond donors (Lipinski definition) is 2. The minimum Gasteiger partial charge on any atom is -0.399 e. The second-order valence-corrected chi connectivity index (χ2v) is 5.44. The van der Waals surface area contributed by atoms with E-state index >= 15 is 0 Å². The summed E-state index contributed by atoms with van der Waals surface area (Å²) in [6, 6.07) is 5.23. The zero-order valence-corrected chi connectivity index (χ0v) is 11.6. The number of hydrogen-bond acceptors (Lipinski definition) is 4. The highest BCUT2D eigenvalue weighted by Crippen LogP contribution is 2.25. The first-order valence-corrected chi connectivity index (χ1v) is 6.56. The maximum Gasteiger partial charge on any atom is 0.250 e. The van der Waals surface area contributed by atoms with Gasteiger partial charge in [-0.15, -0.1) is 0 Å². The molecule has 2 rings (SSSR count). The second kappa shape index (κ2) is 5.48. The Labute approximate surface area is 114 Å². The van der Waals surface area contributed by atoms with Gasteiger partial charge in [-0.05, 0) is 44.1 Å². The molecule has 1 aromatic rings. The largest absolute Gasteiger partial charge is 0.399 e. The summed E-state index contributed by atoms with van der Waals surface area (Å²) in [5.41, 5.74) is 13.2. The molecule has 4 N–H and O–H groups in total. The highest BCUT2D eigenvalue weighted by molar-refractivity contribution is 5.99. The molecule has 0 spiro atoms. The van der Waals surface area contributed by atoms with Crippen molar-refractivity contribution in [1.82, 2.24) is 4.90 Å². The van der Waals surface area contributed by atoms with Crippen molar-refractivity contribution in [1.29, 1.82) is 0 Å². The minimum absolute atomic E-state index is 0.412. The van der Waals surface area contributed by atoms with Crippen LogP contribution in [0.5, 0.6) is 0 Å². The number of nitrogens with two attached hydrogens (primary N) is 2. The van der Waals surface area contributed by atoms with Gasteiger partial charge in [-0.2, -0.15) is 0 Å². The third-order valence-corrected chi connectivity index (χ3v) is 3.72. The highest BCUT2D eigenvalue weighted by Gasteiger charge is 2.22. The number of carbonyl (C=O) groups excluding carboxylic acids is 1. The lowest BCUT2D eigenvalue weighted by Gasteiger charge is -2.25. The average molecular weight is 262 g/mol. The fraction of sp³-hybridized carbons (Fsp3) is 0.500. The Morgan fingerprint density at radius 2 is 2.26 bits per heavy atom. The van der Waals surface area contributed by atoms with Gasteiger partial charge in [0.25, 0.3) is 5.91 Å². The van der Waals surface area contributed by atoms with Gasteiger partial charge in [-0.3, -0.25) is 4.79 Å². The van der Waals surface area contributed by atoms with Crippen molar-refractivity contribution in [3.63, 3.8) is 0 Å². The Kier molecular flexibility index (Phi) is 3.95. The fourth-order valence-corrected chi connectivity index (χ4v) is 2.73. The molecule has 0 radical (unpaired) electrons. The van der Waals surface area contributed by atoms with E-state index in [9.17, 15) is 4.79 Å². The van der Waals surface area contributed by atoms with Crippen LogP contribution >= 0.6 is 0 Å². The lowest BCUT2D eigenvalue weighted by molar-refractivity contribution is 0.100. The molecule has 0 aliphatic carbocycles. The van der Waals surface area contributed by atoms with E-state index in [0.29, 0.717) is 17.2 Å². The van der Waals surface area contributed by atoms with Crippen LogP contribution in [0.3, 0.4) is 0 Å². The van der Waals surface area contributed by atoms with Gasteiger partial charge in [0, 0.05) is 25.8 Å². The zero-order chi connectivity index (χ0) is 14.0. The van der Waals surface area contributed by atoms with Gasteiger partial charge in [-0.25, -0.2) is 0 Å². The normalized spacial score (nSPS) is 19.6. The topological polar surface area (TPSA) is 75.6 Å². The van der Waals surface area contributed by atoms with Crippen LogP contribution in [-0.4, -0.2) is 44.5 Å². The van der Waals surface area contributed by atoms with E-state index < -0.39 is 5.91 Å². The maximum atomic E-state index is 11.5. The van der Waals surface area contributed by atoms with E-state index in [1.807, 2.05) is 13.1 Å². The van der Waals surface area contributed by atoms with Crippen LogP contribution < -0.4 is 16.4 Å². The monoisotopic (exact) mass is 262 g/mol. The number of primary amides is 1. The Morgan fingerprint density at radius 3 is 2.84 bits per heavy atom. The summed E-state index contributed by atoms with van der Waals surface area (Å²) in [6.45, 7) is 3.14. The quantitative estimate of drug-likeness (QED) is 0.785. The van der Waals surface area contributed by atoms with Crippen LogP contribution in [0.15, 0.2) is 18.2 Å². The van der Waals surface area contributed by atoms with E-state index in [0.717, 1.165) is 25.3 Å². The van der Waals surface area contributed by atoms with Crippen molar-refractivity contribution in [3.8, 4) is 0 Å². The Bertz CT molecular complexity index is 475. The summed E-state index contributed by atoms with van der Waals surface area (Å²) in [7, 11) is 4.12. The van der Waals surface area contributed by atoms with Gasteiger partial charge in [0.15, 0.2) is 0 Å². The first kappa shape index (κ1) is 13.7. The number of rotatable bonds is 4. The number of amides is 1. The highest BCUT2D eigenvalue weighted by atomic mass is 16.1. The van der Waals surface area contributed by atoms with Crippen LogP contribution in [0.1, 0.15) is 16.8 Å². The van der Waals surface area contributed by atoms with Crippen LogP contribution in [0.4, 0.5) is 11.4 Å². The van der Waals surface area contributed by atoms with Crippen LogP contribution in [0.25, 0.3) is 0 Å². The van der Waals surface area contributed by atoms with E-state index in [-0.39, 0.29) is 0 Å². The molecule has 0 bridgehead atoms. The van der Waals surface area contributed by atoms with Crippen molar-refractivity contribution < 1.29 is 4.79 Å². The molecule has 0 saturated carbocycles. The zero-order valence-electron chi connectivity index (χ0n) is 11.6. The standard InChI is InChI=1S/C14H22N4O/c1-17-6-5-10(8-17)9-18(2)13-7-11(15)3-4-12(13)14(16)19/h3-4,7,10H,5-6,8-9,15H2,1-2H3,(H2,16,19). The molecule has 1 heterocycles. The fourth-order valence-electron chi connectivity index (χ4n) is 2.73. The number of nitrogen functional groups attached to an aromatic ring is 1. The molecule has 1 atom stereocenters. The lowest BCUT2D eigenvalue weighted by atomic mass is 10.1. The Hall–Kier alpha value is -1.75. The van der Waals surface area contributed by atoms with Gasteiger partial charge in [0.1, 0.15) is 0 Å². The predicted molar refractivity (Wildman–Crippen MR) is 78.2 cm³/mol. The molecule has 0 aromatic heterocycles. The first-order chi connectivity index (χ1) is 8.97. The number of anilines is 2. The van der Waals surface area contributed by atoms with Gasteiger partial charge >= 0.3 is 0 Å². The molecular weight excluding hydrogens is 240 g/mol. The summed E-state index contributed by atoms with van der Waals surface area (Å²) in [4.78, 5) is 15.9. The lowest BCUT2D eigenvalue weighted by Crippen LogP contribution is -2.29. The Morgan fingerprint density at radius 1 is 1.53 bits per heavy atom. The SMILES string of the molecule is CN1CCC(CN(C)c2cc(N)ccc2C(N)=O)C1.